The minimum absolute atomic E-state index is 0.636. The molecular formula is C17H28N2. The topological polar surface area (TPSA) is 29.3 Å². The largest absolute Gasteiger partial charge is 0.368 e. The van der Waals surface area contributed by atoms with Gasteiger partial charge in [-0.1, -0.05) is 44.9 Å². The van der Waals surface area contributed by atoms with Crippen LogP contribution >= 0.6 is 0 Å². The molecule has 1 aromatic carbocycles. The second kappa shape index (κ2) is 6.95. The number of benzene rings is 1. The van der Waals surface area contributed by atoms with Gasteiger partial charge >= 0.3 is 0 Å². The second-order valence-corrected chi connectivity index (χ2v) is 5.69. The first-order chi connectivity index (χ1) is 9.31. The third-order valence-electron chi connectivity index (χ3n) is 4.42. The Labute approximate surface area is 118 Å². The van der Waals surface area contributed by atoms with Crippen molar-refractivity contribution in [3.63, 3.8) is 0 Å². The quantitative estimate of drug-likeness (QED) is 0.805. The lowest BCUT2D eigenvalue weighted by Crippen LogP contribution is -2.34. The number of rotatable bonds is 7. The van der Waals surface area contributed by atoms with Crippen molar-refractivity contribution in [2.24, 2.45) is 5.73 Å². The third-order valence-corrected chi connectivity index (χ3v) is 4.42. The van der Waals surface area contributed by atoms with Gasteiger partial charge < -0.3 is 10.6 Å². The highest BCUT2D eigenvalue weighted by molar-refractivity contribution is 5.60. The van der Waals surface area contributed by atoms with Crippen LogP contribution < -0.4 is 10.6 Å². The van der Waals surface area contributed by atoms with E-state index < -0.39 is 0 Å². The van der Waals surface area contributed by atoms with Gasteiger partial charge in [0, 0.05) is 24.2 Å². The highest BCUT2D eigenvalue weighted by atomic mass is 15.2. The number of para-hydroxylation sites is 1. The summed E-state index contributed by atoms with van der Waals surface area (Å²) in [6, 6.07) is 9.62. The standard InChI is InChI=1S/C17H28N2/c1-3-5-8-15(4-2)19-13-14(11-12-18)16-9-6-7-10-17(16)19/h6-7,9-10,14-15H,3-5,8,11-13,18H2,1-2H3. The molecule has 2 rings (SSSR count). The Bertz CT molecular complexity index is 389. The number of nitrogens with zero attached hydrogens (tertiary/aromatic N) is 1. The molecule has 2 nitrogen and oxygen atoms in total. The Balaban J connectivity index is 2.18. The van der Waals surface area contributed by atoms with Crippen LogP contribution in [-0.2, 0) is 0 Å². The van der Waals surface area contributed by atoms with Crippen molar-refractivity contribution >= 4 is 5.69 Å². The van der Waals surface area contributed by atoms with Crippen molar-refractivity contribution < 1.29 is 0 Å². The number of hydrogen-bond acceptors (Lipinski definition) is 2. The molecule has 2 atom stereocenters. The van der Waals surface area contributed by atoms with Gasteiger partial charge in [-0.2, -0.15) is 0 Å². The Hall–Kier alpha value is -1.02. The zero-order valence-corrected chi connectivity index (χ0v) is 12.4. The van der Waals surface area contributed by atoms with Crippen LogP contribution in [-0.4, -0.2) is 19.1 Å². The molecule has 1 aliphatic rings. The smallest absolute Gasteiger partial charge is 0.0404 e. The Kier molecular flexibility index (Phi) is 5.26. The summed E-state index contributed by atoms with van der Waals surface area (Å²) in [7, 11) is 0. The second-order valence-electron chi connectivity index (χ2n) is 5.69. The highest BCUT2D eigenvalue weighted by Gasteiger charge is 2.30. The van der Waals surface area contributed by atoms with Crippen LogP contribution in [0.4, 0.5) is 5.69 Å². The van der Waals surface area contributed by atoms with Gasteiger partial charge in [0.1, 0.15) is 0 Å². The molecular weight excluding hydrogens is 232 g/mol. The number of fused-ring (bicyclic) bond motifs is 1. The monoisotopic (exact) mass is 260 g/mol. The van der Waals surface area contributed by atoms with Crippen LogP contribution in [0.5, 0.6) is 0 Å². The average Bonchev–Trinajstić information content (AvgIpc) is 2.80. The lowest BCUT2D eigenvalue weighted by molar-refractivity contribution is 0.505. The number of hydrogen-bond donors (Lipinski definition) is 1. The van der Waals surface area contributed by atoms with Crippen LogP contribution in [0.25, 0.3) is 0 Å². The van der Waals surface area contributed by atoms with Crippen molar-refractivity contribution in [3.8, 4) is 0 Å². The van der Waals surface area contributed by atoms with Crippen molar-refractivity contribution in [1.82, 2.24) is 0 Å². The number of anilines is 1. The molecule has 0 spiro atoms. The molecule has 0 saturated carbocycles. The normalized spacial score (nSPS) is 19.5. The summed E-state index contributed by atoms with van der Waals surface area (Å²) in [5.41, 5.74) is 8.76. The predicted molar refractivity (Wildman–Crippen MR) is 83.8 cm³/mol. The summed E-state index contributed by atoms with van der Waals surface area (Å²) in [5, 5.41) is 0. The third kappa shape index (κ3) is 3.11. The van der Waals surface area contributed by atoms with E-state index in [-0.39, 0.29) is 0 Å². The zero-order chi connectivity index (χ0) is 13.7. The van der Waals surface area contributed by atoms with Crippen molar-refractivity contribution in [2.45, 2.75) is 57.9 Å². The Morgan fingerprint density at radius 1 is 1.32 bits per heavy atom. The van der Waals surface area contributed by atoms with E-state index in [0.29, 0.717) is 12.0 Å². The van der Waals surface area contributed by atoms with Crippen LogP contribution in [0, 0.1) is 0 Å². The minimum atomic E-state index is 0.636. The fraction of sp³-hybridized carbons (Fsp3) is 0.647. The molecule has 0 radical (unpaired) electrons. The van der Waals surface area contributed by atoms with Crippen LogP contribution in [0.3, 0.4) is 0 Å². The fourth-order valence-corrected chi connectivity index (χ4v) is 3.34. The van der Waals surface area contributed by atoms with E-state index in [0.717, 1.165) is 13.0 Å². The van der Waals surface area contributed by atoms with Gasteiger partial charge in [-0.25, -0.2) is 0 Å². The summed E-state index contributed by atoms with van der Waals surface area (Å²) >= 11 is 0. The molecule has 2 unspecified atom stereocenters. The predicted octanol–water partition coefficient (Wildman–Crippen LogP) is 3.91. The van der Waals surface area contributed by atoms with E-state index >= 15 is 0 Å². The SMILES string of the molecule is CCCCC(CC)N1CC(CCN)c2ccccc21. The maximum atomic E-state index is 5.78. The minimum Gasteiger partial charge on any atom is -0.368 e. The summed E-state index contributed by atoms with van der Waals surface area (Å²) < 4.78 is 0. The van der Waals surface area contributed by atoms with E-state index in [2.05, 4.69) is 43.0 Å². The maximum Gasteiger partial charge on any atom is 0.0404 e. The molecule has 0 aliphatic carbocycles. The first-order valence-electron chi connectivity index (χ1n) is 7.87. The fourth-order valence-electron chi connectivity index (χ4n) is 3.34. The van der Waals surface area contributed by atoms with Gasteiger partial charge in [-0.15, -0.1) is 0 Å². The van der Waals surface area contributed by atoms with Gasteiger partial charge in [0.15, 0.2) is 0 Å². The summed E-state index contributed by atoms with van der Waals surface area (Å²) in [4.78, 5) is 2.64. The molecule has 2 N–H and O–H groups in total. The van der Waals surface area contributed by atoms with Crippen molar-refractivity contribution in [2.75, 3.05) is 18.0 Å². The van der Waals surface area contributed by atoms with Crippen LogP contribution in [0.1, 0.15) is 57.4 Å². The average molecular weight is 260 g/mol. The van der Waals surface area contributed by atoms with E-state index in [1.54, 1.807) is 0 Å². The summed E-state index contributed by atoms with van der Waals surface area (Å²) in [6.45, 7) is 6.55. The van der Waals surface area contributed by atoms with Gasteiger partial charge in [0.2, 0.25) is 0 Å². The molecule has 1 aliphatic heterocycles. The van der Waals surface area contributed by atoms with Crippen molar-refractivity contribution in [1.29, 1.82) is 0 Å². The Morgan fingerprint density at radius 3 is 2.79 bits per heavy atom. The van der Waals surface area contributed by atoms with E-state index in [1.165, 1.54) is 43.5 Å². The van der Waals surface area contributed by atoms with E-state index in [4.69, 9.17) is 5.73 Å². The molecule has 0 saturated heterocycles. The molecule has 0 bridgehead atoms. The first-order valence-corrected chi connectivity index (χ1v) is 7.87. The lowest BCUT2D eigenvalue weighted by Gasteiger charge is -2.30. The van der Waals surface area contributed by atoms with E-state index in [1.807, 2.05) is 0 Å². The van der Waals surface area contributed by atoms with Gasteiger partial charge in [-0.05, 0) is 37.4 Å². The molecule has 0 amide bonds. The van der Waals surface area contributed by atoms with Crippen LogP contribution in [0.2, 0.25) is 0 Å². The first kappa shape index (κ1) is 14.4. The number of unbranched alkanes of at least 4 members (excludes halogenated alkanes) is 1. The molecule has 0 aromatic heterocycles. The summed E-state index contributed by atoms with van der Waals surface area (Å²) in [5.74, 6) is 0.636. The number of nitrogens with two attached hydrogens (primary N) is 1. The summed E-state index contributed by atoms with van der Waals surface area (Å²) in [6.07, 6.45) is 6.29. The van der Waals surface area contributed by atoms with Gasteiger partial charge in [0.05, 0.1) is 0 Å². The Morgan fingerprint density at radius 2 is 2.11 bits per heavy atom. The molecule has 2 heteroatoms. The maximum absolute atomic E-state index is 5.78. The van der Waals surface area contributed by atoms with Crippen molar-refractivity contribution in [3.05, 3.63) is 29.8 Å². The molecule has 106 valence electrons. The molecule has 1 heterocycles. The van der Waals surface area contributed by atoms with Gasteiger partial charge in [0.25, 0.3) is 0 Å². The molecule has 19 heavy (non-hydrogen) atoms. The molecule has 1 aromatic rings. The molecule has 0 fully saturated rings. The van der Waals surface area contributed by atoms with Crippen LogP contribution in [0.15, 0.2) is 24.3 Å². The van der Waals surface area contributed by atoms with E-state index in [9.17, 15) is 0 Å². The zero-order valence-electron chi connectivity index (χ0n) is 12.4. The lowest BCUT2D eigenvalue weighted by atomic mass is 9.98. The van der Waals surface area contributed by atoms with Gasteiger partial charge in [-0.3, -0.25) is 0 Å². The highest BCUT2D eigenvalue weighted by Crippen LogP contribution is 2.40.